The second-order valence-electron chi connectivity index (χ2n) is 5.85. The number of rotatable bonds is 6. The second-order valence-corrected chi connectivity index (χ2v) is 5.85. The summed E-state index contributed by atoms with van der Waals surface area (Å²) < 4.78 is 48.5. The van der Waals surface area contributed by atoms with Crippen LogP contribution in [0.5, 0.6) is 11.5 Å². The fraction of sp³-hybridized carbons (Fsp3) is 0.250. The van der Waals surface area contributed by atoms with E-state index in [2.05, 4.69) is 0 Å². The average molecular weight is 364 g/mol. The van der Waals surface area contributed by atoms with Crippen LogP contribution in [0.1, 0.15) is 35.3 Å². The number of ether oxygens (including phenoxy) is 2. The van der Waals surface area contributed by atoms with Crippen LogP contribution in [0.2, 0.25) is 0 Å². The van der Waals surface area contributed by atoms with Gasteiger partial charge in [-0.15, -0.1) is 0 Å². The van der Waals surface area contributed by atoms with Crippen LogP contribution in [0.3, 0.4) is 0 Å². The molecule has 0 heterocycles. The van der Waals surface area contributed by atoms with E-state index < -0.39 is 11.7 Å². The van der Waals surface area contributed by atoms with Gasteiger partial charge < -0.3 is 9.47 Å². The normalized spacial score (nSPS) is 11.8. The predicted molar refractivity (Wildman–Crippen MR) is 93.6 cm³/mol. The van der Waals surface area contributed by atoms with E-state index in [4.69, 9.17) is 9.47 Å². The van der Waals surface area contributed by atoms with E-state index in [1.165, 1.54) is 31.4 Å². The number of benzene rings is 2. The van der Waals surface area contributed by atoms with Crippen molar-refractivity contribution in [2.75, 3.05) is 7.11 Å². The zero-order valence-electron chi connectivity index (χ0n) is 14.6. The van der Waals surface area contributed by atoms with Gasteiger partial charge >= 0.3 is 6.18 Å². The highest BCUT2D eigenvalue weighted by Crippen LogP contribution is 2.30. The quantitative estimate of drug-likeness (QED) is 0.509. The lowest BCUT2D eigenvalue weighted by atomic mass is 10.1. The molecule has 0 aliphatic carbocycles. The largest absolute Gasteiger partial charge is 0.493 e. The molecule has 0 unspecified atom stereocenters. The molecule has 0 N–H and O–H groups in total. The lowest BCUT2D eigenvalue weighted by Crippen LogP contribution is -2.07. The number of methoxy groups -OCH3 is 1. The molecule has 0 saturated carbocycles. The van der Waals surface area contributed by atoms with Crippen molar-refractivity contribution in [3.05, 3.63) is 65.2 Å². The van der Waals surface area contributed by atoms with Gasteiger partial charge in [-0.3, -0.25) is 4.79 Å². The Bertz CT molecular complexity index is 791. The summed E-state index contributed by atoms with van der Waals surface area (Å²) in [5.41, 5.74) is 0.158. The lowest BCUT2D eigenvalue weighted by Gasteiger charge is -2.13. The van der Waals surface area contributed by atoms with Crippen molar-refractivity contribution < 1.29 is 27.4 Å². The number of carbonyl (C=O) groups is 1. The molecule has 2 aromatic rings. The van der Waals surface area contributed by atoms with Crippen LogP contribution in [0.15, 0.2) is 48.5 Å². The second kappa shape index (κ2) is 8.08. The molecule has 3 nitrogen and oxygen atoms in total. The minimum atomic E-state index is -4.38. The number of carbonyl (C=O) groups excluding carboxylic acids is 1. The summed E-state index contributed by atoms with van der Waals surface area (Å²) in [7, 11) is 1.48. The lowest BCUT2D eigenvalue weighted by molar-refractivity contribution is -0.137. The van der Waals surface area contributed by atoms with Gasteiger partial charge in [-0.1, -0.05) is 18.2 Å². The average Bonchev–Trinajstić information content (AvgIpc) is 2.59. The Hall–Kier alpha value is -2.76. The molecule has 138 valence electrons. The van der Waals surface area contributed by atoms with Crippen LogP contribution in [0.25, 0.3) is 6.08 Å². The third-order valence-electron chi connectivity index (χ3n) is 3.48. The third-order valence-corrected chi connectivity index (χ3v) is 3.48. The van der Waals surface area contributed by atoms with Crippen molar-refractivity contribution in [2.24, 2.45) is 0 Å². The first-order valence-electron chi connectivity index (χ1n) is 7.95. The van der Waals surface area contributed by atoms with Crippen molar-refractivity contribution in [1.82, 2.24) is 0 Å². The molecule has 0 saturated heterocycles. The van der Waals surface area contributed by atoms with Gasteiger partial charge in [0, 0.05) is 5.56 Å². The van der Waals surface area contributed by atoms with Gasteiger partial charge in [0.05, 0.1) is 18.8 Å². The van der Waals surface area contributed by atoms with Crippen LogP contribution in [-0.4, -0.2) is 19.0 Å². The Labute approximate surface area is 150 Å². The van der Waals surface area contributed by atoms with Crippen LogP contribution in [0.4, 0.5) is 13.2 Å². The van der Waals surface area contributed by atoms with E-state index in [1.807, 2.05) is 13.8 Å². The Morgan fingerprint density at radius 1 is 1.04 bits per heavy atom. The van der Waals surface area contributed by atoms with E-state index in [9.17, 15) is 18.0 Å². The molecule has 0 aliphatic rings. The number of alkyl halides is 3. The van der Waals surface area contributed by atoms with Gasteiger partial charge in [0.25, 0.3) is 0 Å². The van der Waals surface area contributed by atoms with Crippen LogP contribution in [-0.2, 0) is 6.18 Å². The first kappa shape index (κ1) is 19.6. The standard InChI is InChI=1S/C20H19F3O3/c1-13(2)26-18-11-7-15(12-19(18)25-3)17(24)10-6-14-4-8-16(9-5-14)20(21,22)23/h4-13H,1-3H3. The maximum Gasteiger partial charge on any atom is 0.416 e. The molecule has 0 bridgehead atoms. The summed E-state index contributed by atoms with van der Waals surface area (Å²) in [6, 6.07) is 9.41. The summed E-state index contributed by atoms with van der Waals surface area (Å²) in [6.45, 7) is 3.76. The summed E-state index contributed by atoms with van der Waals surface area (Å²) >= 11 is 0. The van der Waals surface area contributed by atoms with Crippen molar-refractivity contribution in [3.8, 4) is 11.5 Å². The number of hydrogen-bond donors (Lipinski definition) is 0. The maximum atomic E-state index is 12.5. The van der Waals surface area contributed by atoms with Gasteiger partial charge in [-0.25, -0.2) is 0 Å². The Morgan fingerprint density at radius 2 is 1.69 bits per heavy atom. The Balaban J connectivity index is 2.15. The molecule has 0 radical (unpaired) electrons. The fourth-order valence-corrected chi connectivity index (χ4v) is 2.22. The van der Waals surface area contributed by atoms with Gasteiger partial charge in [0.15, 0.2) is 17.3 Å². The van der Waals surface area contributed by atoms with E-state index >= 15 is 0 Å². The van der Waals surface area contributed by atoms with Crippen molar-refractivity contribution >= 4 is 11.9 Å². The number of halogens is 3. The molecule has 6 heteroatoms. The molecule has 0 aromatic heterocycles. The van der Waals surface area contributed by atoms with Gasteiger partial charge in [0.2, 0.25) is 0 Å². The third kappa shape index (κ3) is 5.12. The van der Waals surface area contributed by atoms with E-state index in [1.54, 1.807) is 18.2 Å². The zero-order chi connectivity index (χ0) is 19.3. The Morgan fingerprint density at radius 3 is 2.23 bits per heavy atom. The van der Waals surface area contributed by atoms with E-state index in [0.29, 0.717) is 22.6 Å². The first-order chi connectivity index (χ1) is 12.2. The molecule has 0 atom stereocenters. The highest BCUT2D eigenvalue weighted by Gasteiger charge is 2.29. The van der Waals surface area contributed by atoms with Crippen LogP contribution in [0, 0.1) is 0 Å². The molecule has 2 rings (SSSR count). The molecule has 0 fully saturated rings. The summed E-state index contributed by atoms with van der Waals surface area (Å²) in [4.78, 5) is 12.3. The Kier molecular flexibility index (Phi) is 6.08. The SMILES string of the molecule is COc1cc(C(=O)C=Cc2ccc(C(F)(F)F)cc2)ccc1OC(C)C. The fourth-order valence-electron chi connectivity index (χ4n) is 2.22. The van der Waals surface area contributed by atoms with Crippen molar-refractivity contribution in [3.63, 3.8) is 0 Å². The smallest absolute Gasteiger partial charge is 0.416 e. The summed E-state index contributed by atoms with van der Waals surface area (Å²) in [6.07, 6.45) is -1.65. The van der Waals surface area contributed by atoms with Gasteiger partial charge in [-0.2, -0.15) is 13.2 Å². The molecule has 26 heavy (non-hydrogen) atoms. The molecular weight excluding hydrogens is 345 g/mol. The monoisotopic (exact) mass is 364 g/mol. The predicted octanol–water partition coefficient (Wildman–Crippen LogP) is 5.40. The summed E-state index contributed by atoms with van der Waals surface area (Å²) in [5.74, 6) is 0.678. The summed E-state index contributed by atoms with van der Waals surface area (Å²) in [5, 5.41) is 0. The van der Waals surface area contributed by atoms with Crippen LogP contribution >= 0.6 is 0 Å². The molecule has 2 aromatic carbocycles. The van der Waals surface area contributed by atoms with Crippen LogP contribution < -0.4 is 9.47 Å². The topological polar surface area (TPSA) is 35.5 Å². The highest BCUT2D eigenvalue weighted by atomic mass is 19.4. The molecule has 0 spiro atoms. The number of hydrogen-bond acceptors (Lipinski definition) is 3. The highest BCUT2D eigenvalue weighted by molar-refractivity contribution is 6.07. The van der Waals surface area contributed by atoms with Gasteiger partial charge in [0.1, 0.15) is 0 Å². The maximum absolute atomic E-state index is 12.5. The minimum absolute atomic E-state index is 0.0370. The molecular formula is C20H19F3O3. The van der Waals surface area contributed by atoms with Gasteiger partial charge in [-0.05, 0) is 55.8 Å². The molecule has 0 aliphatic heterocycles. The number of allylic oxidation sites excluding steroid dienone is 1. The van der Waals surface area contributed by atoms with Crippen molar-refractivity contribution in [2.45, 2.75) is 26.1 Å². The first-order valence-corrected chi connectivity index (χ1v) is 7.95. The molecule has 0 amide bonds. The minimum Gasteiger partial charge on any atom is -0.493 e. The number of ketones is 1. The van der Waals surface area contributed by atoms with E-state index in [0.717, 1.165) is 12.1 Å². The van der Waals surface area contributed by atoms with E-state index in [-0.39, 0.29) is 11.9 Å². The van der Waals surface area contributed by atoms with Crippen molar-refractivity contribution in [1.29, 1.82) is 0 Å². The zero-order valence-corrected chi connectivity index (χ0v) is 14.6.